The van der Waals surface area contributed by atoms with Gasteiger partial charge >= 0.3 is 24.3 Å². The highest BCUT2D eigenvalue weighted by Gasteiger charge is 2.40. The molecule has 14 heteroatoms. The first-order valence-corrected chi connectivity index (χ1v) is 19.8. The highest BCUT2D eigenvalue weighted by atomic mass is 19.4. The summed E-state index contributed by atoms with van der Waals surface area (Å²) < 4.78 is 87.4. The molecule has 4 aromatic carbocycles. The number of carboxylic acids is 2. The molecule has 0 radical (unpaired) electrons. The fourth-order valence-corrected chi connectivity index (χ4v) is 7.60. The lowest BCUT2D eigenvalue weighted by atomic mass is 9.73. The molecule has 0 aliphatic heterocycles. The number of hydrogen-bond acceptors (Lipinski definition) is 5. The van der Waals surface area contributed by atoms with E-state index in [1.54, 1.807) is 6.92 Å². The average molecular weight is 841 g/mol. The van der Waals surface area contributed by atoms with Crippen molar-refractivity contribution >= 4 is 35.0 Å². The zero-order chi connectivity index (χ0) is 44.8. The van der Waals surface area contributed by atoms with Gasteiger partial charge in [0.05, 0.1) is 27.8 Å². The third kappa shape index (κ3) is 10.7. The third-order valence-electron chi connectivity index (χ3n) is 11.0. The van der Waals surface area contributed by atoms with E-state index >= 15 is 0 Å². The van der Waals surface area contributed by atoms with Gasteiger partial charge in [0.15, 0.2) is 5.78 Å². The molecular weight excluding hydrogens is 791 g/mol. The van der Waals surface area contributed by atoms with Crippen LogP contribution in [0.1, 0.15) is 145 Å². The van der Waals surface area contributed by atoms with Gasteiger partial charge in [-0.1, -0.05) is 84.6 Å². The molecule has 0 saturated heterocycles. The van der Waals surface area contributed by atoms with E-state index in [0.717, 1.165) is 55.7 Å². The molecule has 4 rings (SSSR count). The lowest BCUT2D eigenvalue weighted by molar-refractivity contribution is -0.139. The van der Waals surface area contributed by atoms with E-state index in [2.05, 4.69) is 10.6 Å². The third-order valence-corrected chi connectivity index (χ3v) is 11.0. The monoisotopic (exact) mass is 840 g/mol. The van der Waals surface area contributed by atoms with Gasteiger partial charge in [-0.25, -0.2) is 9.59 Å². The van der Waals surface area contributed by atoms with E-state index in [-0.39, 0.29) is 33.7 Å². The Labute approximate surface area is 345 Å². The lowest BCUT2D eigenvalue weighted by Crippen LogP contribution is -2.33. The highest BCUT2D eigenvalue weighted by molar-refractivity contribution is 6.12. The summed E-state index contributed by atoms with van der Waals surface area (Å²) in [6.07, 6.45) is -5.07. The number of Topliss-reactive ketones (excluding diaryl/α,β-unsaturated/α-hetero) is 1. The van der Waals surface area contributed by atoms with Crippen molar-refractivity contribution in [3.8, 4) is 22.3 Å². The Bertz CT molecular complexity index is 2250. The fourth-order valence-electron chi connectivity index (χ4n) is 7.60. The Morgan fingerprint density at radius 1 is 0.567 bits per heavy atom. The number of hydrogen-bond donors (Lipinski definition) is 4. The number of amides is 1. The second-order valence-electron chi connectivity index (χ2n) is 15.6. The molecule has 0 bridgehead atoms. The minimum absolute atomic E-state index is 0.0735. The van der Waals surface area contributed by atoms with E-state index in [1.807, 2.05) is 34.6 Å². The van der Waals surface area contributed by atoms with Gasteiger partial charge in [0.25, 0.3) is 5.91 Å². The maximum absolute atomic E-state index is 14.6. The predicted molar refractivity (Wildman–Crippen MR) is 220 cm³/mol. The number of nitrogens with one attached hydrogen (secondary N) is 2. The van der Waals surface area contributed by atoms with Crippen LogP contribution in [0.15, 0.2) is 72.8 Å². The zero-order valence-corrected chi connectivity index (χ0v) is 34.4. The number of carboxylic acid groups (broad SMARTS) is 2. The van der Waals surface area contributed by atoms with Gasteiger partial charge in [-0.2, -0.15) is 26.3 Å². The molecule has 4 aromatic rings. The number of carbonyl (C=O) groups is 4. The molecule has 2 unspecified atom stereocenters. The highest BCUT2D eigenvalue weighted by Crippen LogP contribution is 2.45. The molecule has 8 nitrogen and oxygen atoms in total. The number of carbonyl (C=O) groups excluding carboxylic acids is 2. The van der Waals surface area contributed by atoms with Crippen LogP contribution >= 0.6 is 0 Å². The Balaban J connectivity index is 1.79. The van der Waals surface area contributed by atoms with Crippen molar-refractivity contribution in [3.63, 3.8) is 0 Å². The number of alkyl halides is 6. The first-order chi connectivity index (χ1) is 28.0. The van der Waals surface area contributed by atoms with Gasteiger partial charge < -0.3 is 20.8 Å². The van der Waals surface area contributed by atoms with Crippen LogP contribution in [0.25, 0.3) is 22.3 Å². The van der Waals surface area contributed by atoms with Crippen molar-refractivity contribution in [1.29, 1.82) is 0 Å². The predicted octanol–water partition coefficient (Wildman–Crippen LogP) is 13.3. The molecule has 0 fully saturated rings. The van der Waals surface area contributed by atoms with Gasteiger partial charge in [0.1, 0.15) is 0 Å². The molecule has 0 saturated carbocycles. The number of benzene rings is 4. The van der Waals surface area contributed by atoms with E-state index < -0.39 is 80.2 Å². The van der Waals surface area contributed by atoms with Crippen molar-refractivity contribution < 1.29 is 55.7 Å². The molecule has 0 aliphatic rings. The van der Waals surface area contributed by atoms with Crippen LogP contribution in [-0.4, -0.2) is 39.4 Å². The van der Waals surface area contributed by atoms with Crippen LogP contribution in [0.2, 0.25) is 0 Å². The van der Waals surface area contributed by atoms with Crippen LogP contribution in [0.3, 0.4) is 0 Å². The normalized spacial score (nSPS) is 13.9. The van der Waals surface area contributed by atoms with Crippen LogP contribution in [0, 0.1) is 5.41 Å². The van der Waals surface area contributed by atoms with Gasteiger partial charge in [0, 0.05) is 27.9 Å². The lowest BCUT2D eigenvalue weighted by Gasteiger charge is -2.31. The fraction of sp³-hybridized carbons (Fsp3) is 0.391. The average Bonchev–Trinajstić information content (AvgIpc) is 3.18. The summed E-state index contributed by atoms with van der Waals surface area (Å²) in [5, 5.41) is 25.3. The molecule has 60 heavy (non-hydrogen) atoms. The standard InChI is InChI=1S/C46H50F6N2O6/c1-7-11-22-43(5,20-8-2)39(55)35-23-27(12-16-33(35)41(57)58)28-13-17-34(42(59)60)36(24-28)40(56)53-29-14-18-31(37(25-29)45(47,48)49)32-19-15-30(26-38(32)46(50,51)52)54-44(6,10-4)21-9-3/h12-19,23-26,54H,7-11,20-22H2,1-6H3,(H,53,56)(H,57,58)(H,59,60). The van der Waals surface area contributed by atoms with E-state index in [9.17, 15) is 55.7 Å². The van der Waals surface area contributed by atoms with E-state index in [4.69, 9.17) is 0 Å². The quantitative estimate of drug-likeness (QED) is 0.0579. The van der Waals surface area contributed by atoms with Gasteiger partial charge in [-0.05, 0) is 103 Å². The summed E-state index contributed by atoms with van der Waals surface area (Å²) in [4.78, 5) is 52.3. The number of halogens is 6. The number of anilines is 2. The molecule has 0 heterocycles. The van der Waals surface area contributed by atoms with Gasteiger partial charge in [-0.3, -0.25) is 9.59 Å². The first-order valence-electron chi connectivity index (χ1n) is 19.8. The van der Waals surface area contributed by atoms with E-state index in [0.29, 0.717) is 38.2 Å². The van der Waals surface area contributed by atoms with Crippen LogP contribution < -0.4 is 10.6 Å². The maximum Gasteiger partial charge on any atom is 0.417 e. The Morgan fingerprint density at radius 2 is 1.05 bits per heavy atom. The Kier molecular flexibility index (Phi) is 14.7. The molecule has 322 valence electrons. The van der Waals surface area contributed by atoms with Crippen molar-refractivity contribution in [2.45, 2.75) is 111 Å². The summed E-state index contributed by atoms with van der Waals surface area (Å²) in [7, 11) is 0. The summed E-state index contributed by atoms with van der Waals surface area (Å²) in [6, 6.07) is 12.9. The van der Waals surface area contributed by atoms with Gasteiger partial charge in [-0.15, -0.1) is 0 Å². The molecule has 0 aliphatic carbocycles. The summed E-state index contributed by atoms with van der Waals surface area (Å²) >= 11 is 0. The van der Waals surface area contributed by atoms with E-state index in [1.165, 1.54) is 30.3 Å². The number of unbranched alkanes of at least 4 members (excludes halogenated alkanes) is 1. The number of rotatable bonds is 18. The smallest absolute Gasteiger partial charge is 0.417 e. The number of ketones is 1. The first kappa shape index (κ1) is 47.0. The minimum Gasteiger partial charge on any atom is -0.478 e. The van der Waals surface area contributed by atoms with Crippen LogP contribution in [-0.2, 0) is 12.4 Å². The van der Waals surface area contributed by atoms with Crippen LogP contribution in [0.4, 0.5) is 37.7 Å². The van der Waals surface area contributed by atoms with Crippen molar-refractivity contribution in [2.75, 3.05) is 10.6 Å². The largest absolute Gasteiger partial charge is 0.478 e. The summed E-state index contributed by atoms with van der Waals surface area (Å²) in [6.45, 7) is 11.3. The summed E-state index contributed by atoms with van der Waals surface area (Å²) in [5.41, 5.74) is -7.03. The number of aromatic carboxylic acids is 2. The Morgan fingerprint density at radius 3 is 1.52 bits per heavy atom. The second kappa shape index (κ2) is 18.7. The Hall–Kier alpha value is -5.66. The van der Waals surface area contributed by atoms with Crippen LogP contribution in [0.5, 0.6) is 0 Å². The zero-order valence-electron chi connectivity index (χ0n) is 34.4. The molecule has 0 spiro atoms. The summed E-state index contributed by atoms with van der Waals surface area (Å²) in [5.74, 6) is -4.42. The van der Waals surface area contributed by atoms with Crippen molar-refractivity contribution in [1.82, 2.24) is 0 Å². The second-order valence-corrected chi connectivity index (χ2v) is 15.6. The molecule has 0 aromatic heterocycles. The van der Waals surface area contributed by atoms with Gasteiger partial charge in [0.2, 0.25) is 0 Å². The maximum atomic E-state index is 14.6. The molecule has 1 amide bonds. The minimum atomic E-state index is -5.19. The molecule has 2 atom stereocenters. The molecular formula is C46H50F6N2O6. The molecule has 4 N–H and O–H groups in total. The van der Waals surface area contributed by atoms with Crippen molar-refractivity contribution in [3.05, 3.63) is 106 Å². The topological polar surface area (TPSA) is 133 Å². The van der Waals surface area contributed by atoms with Crippen molar-refractivity contribution in [2.24, 2.45) is 5.41 Å². The SMILES string of the molecule is CCCCC(C)(CCC)C(=O)c1cc(-c2ccc(C(=O)O)c(C(=O)Nc3ccc(-c4ccc(NC(C)(CC)CCC)cc4C(F)(F)F)c(C(F)(F)F)c3)c2)ccc1C(=O)O.